The zero-order chi connectivity index (χ0) is 14.5. The summed E-state index contributed by atoms with van der Waals surface area (Å²) in [5, 5.41) is 0. The molecule has 0 aliphatic heterocycles. The lowest BCUT2D eigenvalue weighted by Crippen LogP contribution is -2.08. The number of hydrogen-bond donors (Lipinski definition) is 0. The SMILES string of the molecule is O=C(Oc1ccc(-c2ccccc2)cc1)c1cccnc1. The molecule has 0 radical (unpaired) electrons. The van der Waals surface area contributed by atoms with E-state index in [2.05, 4.69) is 4.98 Å². The third-order valence-corrected chi connectivity index (χ3v) is 3.07. The van der Waals surface area contributed by atoms with Gasteiger partial charge in [0.25, 0.3) is 0 Å². The number of aromatic nitrogens is 1. The van der Waals surface area contributed by atoms with Gasteiger partial charge in [0, 0.05) is 12.4 Å². The lowest BCUT2D eigenvalue weighted by Gasteiger charge is -2.05. The second kappa shape index (κ2) is 6.01. The van der Waals surface area contributed by atoms with Gasteiger partial charge in [-0.05, 0) is 35.4 Å². The molecule has 0 amide bonds. The van der Waals surface area contributed by atoms with Crippen LogP contribution in [0.2, 0.25) is 0 Å². The highest BCUT2D eigenvalue weighted by Crippen LogP contribution is 2.22. The molecule has 21 heavy (non-hydrogen) atoms. The molecule has 0 bridgehead atoms. The fourth-order valence-electron chi connectivity index (χ4n) is 2.00. The zero-order valence-corrected chi connectivity index (χ0v) is 11.3. The summed E-state index contributed by atoms with van der Waals surface area (Å²) in [5.74, 6) is 0.110. The van der Waals surface area contributed by atoms with Gasteiger partial charge in [0.1, 0.15) is 5.75 Å². The number of nitrogens with zero attached hydrogens (tertiary/aromatic N) is 1. The van der Waals surface area contributed by atoms with Gasteiger partial charge < -0.3 is 4.74 Å². The van der Waals surface area contributed by atoms with Crippen LogP contribution in [0, 0.1) is 0 Å². The van der Waals surface area contributed by atoms with Gasteiger partial charge in [-0.15, -0.1) is 0 Å². The Balaban J connectivity index is 1.75. The topological polar surface area (TPSA) is 39.2 Å². The van der Waals surface area contributed by atoms with Gasteiger partial charge in [-0.3, -0.25) is 4.98 Å². The monoisotopic (exact) mass is 275 g/mol. The number of carbonyl (C=O) groups is 1. The van der Waals surface area contributed by atoms with Crippen LogP contribution in [0.4, 0.5) is 0 Å². The van der Waals surface area contributed by atoms with Crippen LogP contribution in [0.1, 0.15) is 10.4 Å². The predicted octanol–water partition coefficient (Wildman–Crippen LogP) is 3.97. The Morgan fingerprint density at radius 2 is 1.52 bits per heavy atom. The number of benzene rings is 2. The molecule has 0 aliphatic carbocycles. The Hall–Kier alpha value is -2.94. The van der Waals surface area contributed by atoms with Crippen LogP contribution in [0.15, 0.2) is 79.1 Å². The first-order valence-electron chi connectivity index (χ1n) is 6.60. The first kappa shape index (κ1) is 13.1. The summed E-state index contributed by atoms with van der Waals surface area (Å²) in [6, 6.07) is 20.9. The molecule has 102 valence electrons. The summed E-state index contributed by atoms with van der Waals surface area (Å²) in [4.78, 5) is 15.8. The van der Waals surface area contributed by atoms with Gasteiger partial charge in [0.2, 0.25) is 0 Å². The number of carbonyl (C=O) groups excluding carboxylic acids is 1. The Bertz CT molecular complexity index is 722. The highest BCUT2D eigenvalue weighted by molar-refractivity contribution is 5.90. The van der Waals surface area contributed by atoms with E-state index in [0.717, 1.165) is 11.1 Å². The summed E-state index contributed by atoms with van der Waals surface area (Å²) < 4.78 is 5.31. The number of ether oxygens (including phenoxy) is 1. The van der Waals surface area contributed by atoms with Crippen molar-refractivity contribution in [2.75, 3.05) is 0 Å². The molecule has 0 atom stereocenters. The van der Waals surface area contributed by atoms with Crippen LogP contribution in [0.3, 0.4) is 0 Å². The molecule has 3 nitrogen and oxygen atoms in total. The minimum Gasteiger partial charge on any atom is -0.423 e. The summed E-state index contributed by atoms with van der Waals surface area (Å²) in [7, 11) is 0. The van der Waals surface area contributed by atoms with Crippen molar-refractivity contribution in [3.05, 3.63) is 84.7 Å². The van der Waals surface area contributed by atoms with Crippen LogP contribution in [0.5, 0.6) is 5.75 Å². The normalized spacial score (nSPS) is 10.1. The lowest BCUT2D eigenvalue weighted by molar-refractivity contribution is 0.0734. The van der Waals surface area contributed by atoms with Gasteiger partial charge in [-0.2, -0.15) is 0 Å². The second-order valence-corrected chi connectivity index (χ2v) is 4.52. The highest BCUT2D eigenvalue weighted by Gasteiger charge is 2.08. The summed E-state index contributed by atoms with van der Waals surface area (Å²) in [6.07, 6.45) is 3.10. The Labute approximate surface area is 122 Å². The van der Waals surface area contributed by atoms with E-state index in [4.69, 9.17) is 4.74 Å². The van der Waals surface area contributed by atoms with E-state index in [1.54, 1.807) is 30.5 Å². The molecule has 1 aromatic heterocycles. The van der Waals surface area contributed by atoms with Crippen LogP contribution < -0.4 is 4.74 Å². The Morgan fingerprint density at radius 1 is 0.810 bits per heavy atom. The van der Waals surface area contributed by atoms with Crippen molar-refractivity contribution in [3.8, 4) is 16.9 Å². The molecule has 0 saturated heterocycles. The van der Waals surface area contributed by atoms with E-state index in [1.807, 2.05) is 42.5 Å². The fourth-order valence-corrected chi connectivity index (χ4v) is 2.00. The van der Waals surface area contributed by atoms with Crippen molar-refractivity contribution < 1.29 is 9.53 Å². The van der Waals surface area contributed by atoms with Gasteiger partial charge in [0.15, 0.2) is 0 Å². The minimum absolute atomic E-state index is 0.407. The van der Waals surface area contributed by atoms with Gasteiger partial charge >= 0.3 is 5.97 Å². The summed E-state index contributed by atoms with van der Waals surface area (Å²) in [5.41, 5.74) is 2.64. The van der Waals surface area contributed by atoms with E-state index >= 15 is 0 Å². The summed E-state index contributed by atoms with van der Waals surface area (Å²) >= 11 is 0. The molecule has 0 N–H and O–H groups in total. The maximum Gasteiger partial charge on any atom is 0.345 e. The van der Waals surface area contributed by atoms with E-state index in [-0.39, 0.29) is 0 Å². The van der Waals surface area contributed by atoms with Crippen LogP contribution >= 0.6 is 0 Å². The number of esters is 1. The Morgan fingerprint density at radius 3 is 2.19 bits per heavy atom. The van der Waals surface area contributed by atoms with Crippen molar-refractivity contribution in [3.63, 3.8) is 0 Å². The fraction of sp³-hybridized carbons (Fsp3) is 0. The van der Waals surface area contributed by atoms with Gasteiger partial charge in [-0.1, -0.05) is 42.5 Å². The number of hydrogen-bond acceptors (Lipinski definition) is 3. The van der Waals surface area contributed by atoms with Gasteiger partial charge in [-0.25, -0.2) is 4.79 Å². The molecule has 3 heteroatoms. The standard InChI is InChI=1S/C18H13NO2/c20-18(16-7-4-12-19-13-16)21-17-10-8-15(9-11-17)14-5-2-1-3-6-14/h1-13H. The first-order chi connectivity index (χ1) is 10.3. The van der Waals surface area contributed by atoms with Crippen LogP contribution in [-0.4, -0.2) is 11.0 Å². The molecule has 3 rings (SSSR count). The molecule has 0 spiro atoms. The maximum absolute atomic E-state index is 11.9. The number of rotatable bonds is 3. The summed E-state index contributed by atoms with van der Waals surface area (Å²) in [6.45, 7) is 0. The van der Waals surface area contributed by atoms with Crippen molar-refractivity contribution in [1.82, 2.24) is 4.98 Å². The third-order valence-electron chi connectivity index (χ3n) is 3.07. The molecular weight excluding hydrogens is 262 g/mol. The van der Waals surface area contributed by atoms with Crippen molar-refractivity contribution in [1.29, 1.82) is 0 Å². The molecule has 2 aromatic carbocycles. The smallest absolute Gasteiger partial charge is 0.345 e. The quantitative estimate of drug-likeness (QED) is 0.536. The molecule has 0 saturated carbocycles. The first-order valence-corrected chi connectivity index (χ1v) is 6.60. The molecule has 0 fully saturated rings. The van der Waals surface area contributed by atoms with Gasteiger partial charge in [0.05, 0.1) is 5.56 Å². The molecular formula is C18H13NO2. The average molecular weight is 275 g/mol. The van der Waals surface area contributed by atoms with Crippen LogP contribution in [-0.2, 0) is 0 Å². The van der Waals surface area contributed by atoms with E-state index in [9.17, 15) is 4.79 Å². The second-order valence-electron chi connectivity index (χ2n) is 4.52. The van der Waals surface area contributed by atoms with E-state index < -0.39 is 5.97 Å². The van der Waals surface area contributed by atoms with Crippen molar-refractivity contribution in [2.24, 2.45) is 0 Å². The zero-order valence-electron chi connectivity index (χ0n) is 11.3. The number of pyridine rings is 1. The maximum atomic E-state index is 11.9. The van der Waals surface area contributed by atoms with Crippen molar-refractivity contribution >= 4 is 5.97 Å². The Kier molecular flexibility index (Phi) is 3.74. The molecule has 3 aromatic rings. The highest BCUT2D eigenvalue weighted by atomic mass is 16.5. The largest absolute Gasteiger partial charge is 0.423 e. The van der Waals surface area contributed by atoms with Crippen molar-refractivity contribution in [2.45, 2.75) is 0 Å². The average Bonchev–Trinajstić information content (AvgIpc) is 2.57. The molecule has 0 unspecified atom stereocenters. The van der Waals surface area contributed by atoms with E-state index in [0.29, 0.717) is 11.3 Å². The molecule has 1 heterocycles. The predicted molar refractivity (Wildman–Crippen MR) is 81.1 cm³/mol. The third kappa shape index (κ3) is 3.15. The minimum atomic E-state index is -0.407. The van der Waals surface area contributed by atoms with E-state index in [1.165, 1.54) is 6.20 Å². The van der Waals surface area contributed by atoms with Crippen LogP contribution in [0.25, 0.3) is 11.1 Å². The lowest BCUT2D eigenvalue weighted by atomic mass is 10.1. The molecule has 0 aliphatic rings.